The predicted molar refractivity (Wildman–Crippen MR) is 85.0 cm³/mol. The number of benzene rings is 2. The average molecular weight is 291 g/mol. The number of rotatable bonds is 2. The zero-order valence-corrected chi connectivity index (χ0v) is 11.8. The molecule has 6 nitrogen and oxygen atoms in total. The van der Waals surface area contributed by atoms with Gasteiger partial charge in [0.2, 0.25) is 11.8 Å². The molecule has 108 valence electrons. The monoisotopic (exact) mass is 291 g/mol. The third kappa shape index (κ3) is 1.93. The average Bonchev–Trinajstić information content (AvgIpc) is 3.06. The van der Waals surface area contributed by atoms with Crippen LogP contribution in [0.1, 0.15) is 5.56 Å². The number of nitrogens with zero attached hydrogens (tertiary/aromatic N) is 3. The summed E-state index contributed by atoms with van der Waals surface area (Å²) in [5.41, 5.74) is 4.04. The van der Waals surface area contributed by atoms with E-state index >= 15 is 0 Å². The second-order valence-electron chi connectivity index (χ2n) is 5.10. The van der Waals surface area contributed by atoms with Crippen LogP contribution in [-0.4, -0.2) is 20.1 Å². The minimum absolute atomic E-state index is 0.00385. The molecule has 22 heavy (non-hydrogen) atoms. The van der Waals surface area contributed by atoms with Crippen molar-refractivity contribution in [1.29, 1.82) is 0 Å². The van der Waals surface area contributed by atoms with Gasteiger partial charge in [0.25, 0.3) is 0 Å². The van der Waals surface area contributed by atoms with Crippen LogP contribution in [0.25, 0.3) is 21.9 Å². The first-order chi connectivity index (χ1) is 10.7. The highest BCUT2D eigenvalue weighted by atomic mass is 16.3. The Bertz CT molecular complexity index is 979. The van der Waals surface area contributed by atoms with Crippen LogP contribution in [-0.2, 0) is 0 Å². The molecule has 6 heteroatoms. The maximum atomic E-state index is 10.0. The van der Waals surface area contributed by atoms with Crippen LogP contribution >= 0.6 is 0 Å². The molecule has 3 N–H and O–H groups in total. The minimum atomic E-state index is 0.00385. The fourth-order valence-corrected chi connectivity index (χ4v) is 2.52. The molecule has 0 saturated carbocycles. The van der Waals surface area contributed by atoms with E-state index in [0.29, 0.717) is 11.6 Å². The van der Waals surface area contributed by atoms with Gasteiger partial charge in [0.05, 0.1) is 16.6 Å². The van der Waals surface area contributed by atoms with E-state index < -0.39 is 0 Å². The first kappa shape index (κ1) is 12.6. The third-order valence-corrected chi connectivity index (χ3v) is 3.62. The SMILES string of the molecule is Cc1cccc2c(N=Nc3nc4ccccc4[nH]3)c(O)[nH]c12. The lowest BCUT2D eigenvalue weighted by Crippen LogP contribution is -1.73. The van der Waals surface area contributed by atoms with Crippen LogP contribution in [0.4, 0.5) is 11.6 Å². The number of nitrogens with one attached hydrogen (secondary N) is 2. The zero-order valence-electron chi connectivity index (χ0n) is 11.8. The number of hydrogen-bond acceptors (Lipinski definition) is 4. The van der Waals surface area contributed by atoms with E-state index in [1.807, 2.05) is 49.4 Å². The fraction of sp³-hybridized carbons (Fsp3) is 0.0625. The van der Waals surface area contributed by atoms with Crippen LogP contribution in [0.5, 0.6) is 5.88 Å². The number of H-pyrrole nitrogens is 2. The van der Waals surface area contributed by atoms with E-state index in [1.165, 1.54) is 0 Å². The number of aryl methyl sites for hydroxylation is 1. The highest BCUT2D eigenvalue weighted by Gasteiger charge is 2.11. The quantitative estimate of drug-likeness (QED) is 0.475. The Morgan fingerprint density at radius 2 is 1.86 bits per heavy atom. The second kappa shape index (κ2) is 4.70. The van der Waals surface area contributed by atoms with Gasteiger partial charge >= 0.3 is 0 Å². The first-order valence-corrected chi connectivity index (χ1v) is 6.89. The number of aromatic nitrogens is 3. The van der Waals surface area contributed by atoms with Gasteiger partial charge in [0.1, 0.15) is 0 Å². The number of imidazole rings is 1. The van der Waals surface area contributed by atoms with E-state index in [9.17, 15) is 5.11 Å². The van der Waals surface area contributed by atoms with E-state index in [4.69, 9.17) is 0 Å². The number of hydrogen-bond donors (Lipinski definition) is 3. The van der Waals surface area contributed by atoms with Gasteiger partial charge in [-0.25, -0.2) is 4.98 Å². The van der Waals surface area contributed by atoms with Gasteiger partial charge in [-0.2, -0.15) is 0 Å². The van der Waals surface area contributed by atoms with Crippen molar-refractivity contribution in [1.82, 2.24) is 15.0 Å². The zero-order chi connectivity index (χ0) is 15.1. The van der Waals surface area contributed by atoms with Crippen molar-refractivity contribution in [2.45, 2.75) is 6.92 Å². The van der Waals surface area contributed by atoms with Crippen LogP contribution < -0.4 is 0 Å². The van der Waals surface area contributed by atoms with Gasteiger partial charge < -0.3 is 15.1 Å². The molecule has 0 aliphatic carbocycles. The molecule has 0 bridgehead atoms. The van der Waals surface area contributed by atoms with Gasteiger partial charge in [-0.05, 0) is 24.6 Å². The Balaban J connectivity index is 1.79. The molecular formula is C16H13N5O. The summed E-state index contributed by atoms with van der Waals surface area (Å²) in [6.45, 7) is 1.97. The summed E-state index contributed by atoms with van der Waals surface area (Å²) in [6.07, 6.45) is 0. The Labute approximate surface area is 125 Å². The van der Waals surface area contributed by atoms with Crippen LogP contribution in [0.15, 0.2) is 52.7 Å². The van der Waals surface area contributed by atoms with Crippen LogP contribution in [0, 0.1) is 6.92 Å². The molecule has 4 rings (SSSR count). The smallest absolute Gasteiger partial charge is 0.247 e. The van der Waals surface area contributed by atoms with Gasteiger partial charge in [0.15, 0.2) is 5.69 Å². The summed E-state index contributed by atoms with van der Waals surface area (Å²) in [4.78, 5) is 10.3. The van der Waals surface area contributed by atoms with Crippen molar-refractivity contribution in [2.75, 3.05) is 0 Å². The topological polar surface area (TPSA) is 89.4 Å². The number of para-hydroxylation sites is 3. The fourth-order valence-electron chi connectivity index (χ4n) is 2.52. The molecule has 0 saturated heterocycles. The van der Waals surface area contributed by atoms with Crippen molar-refractivity contribution >= 4 is 33.6 Å². The summed E-state index contributed by atoms with van der Waals surface area (Å²) < 4.78 is 0. The second-order valence-corrected chi connectivity index (χ2v) is 5.10. The van der Waals surface area contributed by atoms with E-state index in [2.05, 4.69) is 25.2 Å². The molecule has 2 heterocycles. The number of aromatic amines is 2. The van der Waals surface area contributed by atoms with Crippen LogP contribution in [0.2, 0.25) is 0 Å². The van der Waals surface area contributed by atoms with Crippen molar-refractivity contribution in [2.24, 2.45) is 10.2 Å². The van der Waals surface area contributed by atoms with Crippen molar-refractivity contribution < 1.29 is 5.11 Å². The highest BCUT2D eigenvalue weighted by Crippen LogP contribution is 2.37. The molecule has 0 aliphatic rings. The van der Waals surface area contributed by atoms with E-state index in [0.717, 1.165) is 27.5 Å². The number of azo groups is 1. The third-order valence-electron chi connectivity index (χ3n) is 3.62. The Kier molecular flexibility index (Phi) is 2.69. The molecule has 2 aromatic heterocycles. The lowest BCUT2D eigenvalue weighted by Gasteiger charge is -1.93. The van der Waals surface area contributed by atoms with Gasteiger partial charge in [-0.15, -0.1) is 10.2 Å². The minimum Gasteiger partial charge on any atom is -0.493 e. The summed E-state index contributed by atoms with van der Waals surface area (Å²) in [5, 5.41) is 19.1. The normalized spacial score (nSPS) is 11.9. The lowest BCUT2D eigenvalue weighted by atomic mass is 10.1. The van der Waals surface area contributed by atoms with E-state index in [-0.39, 0.29) is 5.88 Å². The predicted octanol–water partition coefficient (Wildman–Crippen LogP) is 4.47. The van der Waals surface area contributed by atoms with Gasteiger partial charge in [-0.1, -0.05) is 30.3 Å². The van der Waals surface area contributed by atoms with Crippen molar-refractivity contribution in [3.8, 4) is 5.88 Å². The van der Waals surface area contributed by atoms with Crippen LogP contribution in [0.3, 0.4) is 0 Å². The first-order valence-electron chi connectivity index (χ1n) is 6.89. The molecule has 2 aromatic carbocycles. The highest BCUT2D eigenvalue weighted by molar-refractivity contribution is 5.95. The molecule has 0 atom stereocenters. The molecule has 0 unspecified atom stereocenters. The molecule has 4 aromatic rings. The standard InChI is InChI=1S/C16H13N5O/c1-9-5-4-6-10-13(9)19-15(22)14(10)20-21-16-17-11-7-2-3-8-12(11)18-16/h2-8,19,22H,1H3,(H,17,18). The number of fused-ring (bicyclic) bond motifs is 2. The molecule has 0 aliphatic heterocycles. The molecule has 0 fully saturated rings. The summed E-state index contributed by atoms with van der Waals surface area (Å²) >= 11 is 0. The Morgan fingerprint density at radius 3 is 2.73 bits per heavy atom. The molecule has 0 amide bonds. The summed E-state index contributed by atoms with van der Waals surface area (Å²) in [6, 6.07) is 13.5. The van der Waals surface area contributed by atoms with Crippen molar-refractivity contribution in [3.05, 3.63) is 48.0 Å². The number of aromatic hydroxyl groups is 1. The summed E-state index contributed by atoms with van der Waals surface area (Å²) in [7, 11) is 0. The van der Waals surface area contributed by atoms with Gasteiger partial charge in [0, 0.05) is 5.39 Å². The molecule has 0 radical (unpaired) electrons. The molecular weight excluding hydrogens is 278 g/mol. The largest absolute Gasteiger partial charge is 0.493 e. The Morgan fingerprint density at radius 1 is 1.00 bits per heavy atom. The maximum Gasteiger partial charge on any atom is 0.247 e. The maximum absolute atomic E-state index is 10.0. The van der Waals surface area contributed by atoms with Gasteiger partial charge in [-0.3, -0.25) is 0 Å². The lowest BCUT2D eigenvalue weighted by molar-refractivity contribution is 0.459. The summed E-state index contributed by atoms with van der Waals surface area (Å²) in [5.74, 6) is 0.409. The van der Waals surface area contributed by atoms with Crippen molar-refractivity contribution in [3.63, 3.8) is 0 Å². The Hall–Kier alpha value is -3.15. The molecule has 0 spiro atoms. The van der Waals surface area contributed by atoms with E-state index in [1.54, 1.807) is 0 Å².